The standard InChI is InChI=1S/C14H22BrN3/c1-2-3-6-17-7-9-18(10-8-17)14-5-4-12(15)11-13(14)16/h4-5,11H,2-3,6-10,16H2,1H3. The highest BCUT2D eigenvalue weighted by atomic mass is 79.9. The lowest BCUT2D eigenvalue weighted by molar-refractivity contribution is 0.254. The number of halogens is 1. The van der Waals surface area contributed by atoms with Crippen molar-refractivity contribution >= 4 is 27.3 Å². The van der Waals surface area contributed by atoms with E-state index in [-0.39, 0.29) is 0 Å². The molecule has 0 atom stereocenters. The maximum Gasteiger partial charge on any atom is 0.0601 e. The summed E-state index contributed by atoms with van der Waals surface area (Å²) in [5.41, 5.74) is 8.12. The smallest absolute Gasteiger partial charge is 0.0601 e. The van der Waals surface area contributed by atoms with Gasteiger partial charge in [0.1, 0.15) is 0 Å². The Morgan fingerprint density at radius 2 is 1.94 bits per heavy atom. The van der Waals surface area contributed by atoms with Gasteiger partial charge in [0.15, 0.2) is 0 Å². The van der Waals surface area contributed by atoms with Crippen molar-refractivity contribution in [1.29, 1.82) is 0 Å². The molecule has 0 aliphatic carbocycles. The van der Waals surface area contributed by atoms with E-state index in [2.05, 4.69) is 44.8 Å². The minimum atomic E-state index is 0.867. The maximum absolute atomic E-state index is 6.08. The zero-order valence-electron chi connectivity index (χ0n) is 11.0. The first-order valence-corrected chi connectivity index (χ1v) is 7.52. The van der Waals surface area contributed by atoms with Gasteiger partial charge in [0.05, 0.1) is 11.4 Å². The molecule has 0 spiro atoms. The predicted octanol–water partition coefficient (Wildman–Crippen LogP) is 2.95. The van der Waals surface area contributed by atoms with E-state index in [1.807, 2.05) is 6.07 Å². The molecule has 2 N–H and O–H groups in total. The van der Waals surface area contributed by atoms with E-state index < -0.39 is 0 Å². The average Bonchev–Trinajstić information content (AvgIpc) is 2.37. The van der Waals surface area contributed by atoms with Gasteiger partial charge in [-0.05, 0) is 31.2 Å². The SMILES string of the molecule is CCCCN1CCN(c2ccc(Br)cc2N)CC1. The van der Waals surface area contributed by atoms with Gasteiger partial charge in [-0.15, -0.1) is 0 Å². The molecule has 1 heterocycles. The van der Waals surface area contributed by atoms with Crippen molar-refractivity contribution in [1.82, 2.24) is 4.90 Å². The quantitative estimate of drug-likeness (QED) is 0.868. The Kier molecular flexibility index (Phi) is 4.89. The average molecular weight is 312 g/mol. The van der Waals surface area contributed by atoms with Crippen molar-refractivity contribution in [3.05, 3.63) is 22.7 Å². The molecule has 0 bridgehead atoms. The summed E-state index contributed by atoms with van der Waals surface area (Å²) in [5.74, 6) is 0. The third kappa shape index (κ3) is 3.39. The van der Waals surface area contributed by atoms with Gasteiger partial charge in [-0.3, -0.25) is 4.90 Å². The number of piperazine rings is 1. The minimum absolute atomic E-state index is 0.867. The van der Waals surface area contributed by atoms with Crippen LogP contribution in [-0.4, -0.2) is 37.6 Å². The second-order valence-corrected chi connectivity index (χ2v) is 5.80. The maximum atomic E-state index is 6.08. The van der Waals surface area contributed by atoms with Crippen LogP contribution in [0.4, 0.5) is 11.4 Å². The predicted molar refractivity (Wildman–Crippen MR) is 82.1 cm³/mol. The molecule has 0 saturated carbocycles. The molecule has 0 aromatic heterocycles. The molecular weight excluding hydrogens is 290 g/mol. The molecule has 18 heavy (non-hydrogen) atoms. The third-order valence-electron chi connectivity index (χ3n) is 3.53. The summed E-state index contributed by atoms with van der Waals surface area (Å²) >= 11 is 3.45. The number of nitrogens with zero attached hydrogens (tertiary/aromatic N) is 2. The van der Waals surface area contributed by atoms with Crippen molar-refractivity contribution in [3.63, 3.8) is 0 Å². The van der Waals surface area contributed by atoms with Crippen LogP contribution in [-0.2, 0) is 0 Å². The third-order valence-corrected chi connectivity index (χ3v) is 4.02. The molecule has 100 valence electrons. The van der Waals surface area contributed by atoms with Crippen LogP contribution in [0.3, 0.4) is 0 Å². The first kappa shape index (κ1) is 13.7. The van der Waals surface area contributed by atoms with Crippen molar-refractivity contribution < 1.29 is 0 Å². The van der Waals surface area contributed by atoms with Gasteiger partial charge in [-0.2, -0.15) is 0 Å². The highest BCUT2D eigenvalue weighted by Gasteiger charge is 2.18. The Labute approximate surface area is 118 Å². The molecule has 1 saturated heterocycles. The van der Waals surface area contributed by atoms with Crippen LogP contribution in [0.5, 0.6) is 0 Å². The monoisotopic (exact) mass is 311 g/mol. The molecule has 0 radical (unpaired) electrons. The summed E-state index contributed by atoms with van der Waals surface area (Å²) in [5, 5.41) is 0. The number of rotatable bonds is 4. The van der Waals surface area contributed by atoms with Gasteiger partial charge < -0.3 is 10.6 Å². The molecule has 0 unspecified atom stereocenters. The van der Waals surface area contributed by atoms with E-state index in [1.54, 1.807) is 0 Å². The number of anilines is 2. The van der Waals surface area contributed by atoms with E-state index in [4.69, 9.17) is 5.73 Å². The molecule has 1 fully saturated rings. The van der Waals surface area contributed by atoms with Crippen LogP contribution in [0.2, 0.25) is 0 Å². The fraction of sp³-hybridized carbons (Fsp3) is 0.571. The number of nitrogen functional groups attached to an aromatic ring is 1. The molecule has 1 aliphatic rings. The zero-order chi connectivity index (χ0) is 13.0. The van der Waals surface area contributed by atoms with Gasteiger partial charge in [0, 0.05) is 30.7 Å². The van der Waals surface area contributed by atoms with Crippen LogP contribution < -0.4 is 10.6 Å². The molecule has 2 rings (SSSR count). The summed E-state index contributed by atoms with van der Waals surface area (Å²) in [6.45, 7) is 7.94. The van der Waals surface area contributed by atoms with Gasteiger partial charge in [-0.1, -0.05) is 29.3 Å². The van der Waals surface area contributed by atoms with Crippen LogP contribution in [0, 0.1) is 0 Å². The van der Waals surface area contributed by atoms with Crippen molar-refractivity contribution in [2.45, 2.75) is 19.8 Å². The second kappa shape index (κ2) is 6.43. The summed E-state index contributed by atoms with van der Waals surface area (Å²) in [6.07, 6.45) is 2.58. The fourth-order valence-electron chi connectivity index (χ4n) is 2.41. The largest absolute Gasteiger partial charge is 0.397 e. The lowest BCUT2D eigenvalue weighted by Crippen LogP contribution is -2.46. The molecule has 4 heteroatoms. The van der Waals surface area contributed by atoms with Crippen LogP contribution >= 0.6 is 15.9 Å². The van der Waals surface area contributed by atoms with E-state index in [9.17, 15) is 0 Å². The Hall–Kier alpha value is -0.740. The number of benzene rings is 1. The Morgan fingerprint density at radius 1 is 1.22 bits per heavy atom. The number of hydrogen-bond acceptors (Lipinski definition) is 3. The van der Waals surface area contributed by atoms with Gasteiger partial charge in [0.25, 0.3) is 0 Å². The van der Waals surface area contributed by atoms with Crippen LogP contribution in [0.25, 0.3) is 0 Å². The van der Waals surface area contributed by atoms with E-state index in [1.165, 1.54) is 25.1 Å². The van der Waals surface area contributed by atoms with E-state index in [0.717, 1.165) is 36.3 Å². The van der Waals surface area contributed by atoms with Crippen LogP contribution in [0.1, 0.15) is 19.8 Å². The molecule has 1 aromatic rings. The Bertz CT molecular complexity index is 387. The van der Waals surface area contributed by atoms with Crippen molar-refractivity contribution in [3.8, 4) is 0 Å². The normalized spacial score (nSPS) is 17.1. The molecule has 1 aliphatic heterocycles. The highest BCUT2D eigenvalue weighted by Crippen LogP contribution is 2.27. The Morgan fingerprint density at radius 3 is 2.56 bits per heavy atom. The lowest BCUT2D eigenvalue weighted by atomic mass is 10.2. The fourth-order valence-corrected chi connectivity index (χ4v) is 2.79. The first-order valence-electron chi connectivity index (χ1n) is 6.73. The van der Waals surface area contributed by atoms with Crippen LogP contribution in [0.15, 0.2) is 22.7 Å². The van der Waals surface area contributed by atoms with E-state index >= 15 is 0 Å². The number of unbranched alkanes of at least 4 members (excludes halogenated alkanes) is 1. The zero-order valence-corrected chi connectivity index (χ0v) is 12.6. The highest BCUT2D eigenvalue weighted by molar-refractivity contribution is 9.10. The Balaban J connectivity index is 1.93. The van der Waals surface area contributed by atoms with Gasteiger partial charge >= 0.3 is 0 Å². The lowest BCUT2D eigenvalue weighted by Gasteiger charge is -2.36. The first-order chi connectivity index (χ1) is 8.70. The second-order valence-electron chi connectivity index (χ2n) is 4.89. The molecule has 1 aromatic carbocycles. The van der Waals surface area contributed by atoms with Gasteiger partial charge in [-0.25, -0.2) is 0 Å². The van der Waals surface area contributed by atoms with Gasteiger partial charge in [0.2, 0.25) is 0 Å². The number of nitrogens with two attached hydrogens (primary N) is 1. The molecular formula is C14H22BrN3. The summed E-state index contributed by atoms with van der Waals surface area (Å²) in [4.78, 5) is 4.94. The van der Waals surface area contributed by atoms with E-state index in [0.29, 0.717) is 0 Å². The summed E-state index contributed by atoms with van der Waals surface area (Å²) < 4.78 is 1.05. The minimum Gasteiger partial charge on any atom is -0.397 e. The topological polar surface area (TPSA) is 32.5 Å². The van der Waals surface area contributed by atoms with Crippen molar-refractivity contribution in [2.24, 2.45) is 0 Å². The number of hydrogen-bond donors (Lipinski definition) is 1. The van der Waals surface area contributed by atoms with Crippen molar-refractivity contribution in [2.75, 3.05) is 43.4 Å². The molecule has 0 amide bonds. The molecule has 3 nitrogen and oxygen atoms in total. The summed E-state index contributed by atoms with van der Waals surface area (Å²) in [6, 6.07) is 6.16. The summed E-state index contributed by atoms with van der Waals surface area (Å²) in [7, 11) is 0.